The minimum Gasteiger partial charge on any atom is -0.467 e. The minimum atomic E-state index is -0.166. The molecule has 3 heterocycles. The molecule has 5 aromatic rings. The molecule has 0 saturated heterocycles. The van der Waals surface area contributed by atoms with E-state index in [1.54, 1.807) is 37.0 Å². The quantitative estimate of drug-likeness (QED) is 0.294. The number of nitrogens with zero attached hydrogens (tertiary/aromatic N) is 5. The number of para-hydroxylation sites is 1. The Balaban J connectivity index is 1.23. The van der Waals surface area contributed by atoms with Crippen LogP contribution in [0.25, 0.3) is 11.5 Å². The molecule has 1 amide bonds. The second-order valence-electron chi connectivity index (χ2n) is 7.34. The monoisotopic (exact) mass is 484 g/mol. The molecule has 0 atom stereocenters. The first kappa shape index (κ1) is 22.4. The molecule has 0 aliphatic heterocycles. The van der Waals surface area contributed by atoms with Crippen molar-refractivity contribution in [2.24, 2.45) is 0 Å². The van der Waals surface area contributed by atoms with Crippen molar-refractivity contribution < 1.29 is 13.9 Å². The number of hydrogen-bond donors (Lipinski definition) is 1. The number of amides is 1. The normalized spacial score (nSPS) is 10.7. The van der Waals surface area contributed by atoms with Gasteiger partial charge in [-0.3, -0.25) is 14.3 Å². The van der Waals surface area contributed by atoms with E-state index in [1.807, 2.05) is 59.2 Å². The number of ether oxygens (including phenoxy) is 1. The van der Waals surface area contributed by atoms with Crippen LogP contribution in [0.1, 0.15) is 5.76 Å². The number of carbonyl (C=O) groups excluding carboxylic acids is 1. The Morgan fingerprint density at radius 1 is 0.971 bits per heavy atom. The van der Waals surface area contributed by atoms with Crippen LogP contribution >= 0.6 is 11.8 Å². The number of benzene rings is 2. The maximum Gasteiger partial charge on any atom is 0.234 e. The van der Waals surface area contributed by atoms with E-state index in [0.29, 0.717) is 34.7 Å². The highest BCUT2D eigenvalue weighted by Gasteiger charge is 2.18. The van der Waals surface area contributed by atoms with Gasteiger partial charge in [0.05, 0.1) is 24.8 Å². The number of hydrogen-bond acceptors (Lipinski definition) is 8. The predicted octanol–water partition coefficient (Wildman–Crippen LogP) is 4.90. The molecule has 1 N–H and O–H groups in total. The fourth-order valence-electron chi connectivity index (χ4n) is 3.26. The molecule has 0 aliphatic rings. The molecule has 10 heteroatoms. The summed E-state index contributed by atoms with van der Waals surface area (Å²) in [6.07, 6.45) is 6.42. The molecule has 5 rings (SSSR count). The summed E-state index contributed by atoms with van der Waals surface area (Å²) in [7, 11) is 0. The molecule has 35 heavy (non-hydrogen) atoms. The molecule has 0 aliphatic carbocycles. The predicted molar refractivity (Wildman–Crippen MR) is 131 cm³/mol. The first-order valence-electron chi connectivity index (χ1n) is 10.7. The van der Waals surface area contributed by atoms with Gasteiger partial charge < -0.3 is 14.5 Å². The summed E-state index contributed by atoms with van der Waals surface area (Å²) in [6, 6.07) is 20.4. The fourth-order valence-corrected chi connectivity index (χ4v) is 4.00. The van der Waals surface area contributed by atoms with Crippen molar-refractivity contribution in [3.8, 4) is 23.0 Å². The third-order valence-corrected chi connectivity index (χ3v) is 5.82. The second-order valence-corrected chi connectivity index (χ2v) is 8.28. The number of thioether (sulfide) groups is 1. The van der Waals surface area contributed by atoms with Gasteiger partial charge in [0.2, 0.25) is 5.91 Å². The van der Waals surface area contributed by atoms with Gasteiger partial charge in [-0.2, -0.15) is 0 Å². The summed E-state index contributed by atoms with van der Waals surface area (Å²) in [5, 5.41) is 12.0. The molecule has 0 radical (unpaired) electrons. The Labute approximate surface area is 205 Å². The van der Waals surface area contributed by atoms with Crippen LogP contribution in [0.5, 0.6) is 11.5 Å². The maximum absolute atomic E-state index is 12.6. The molecule has 0 bridgehead atoms. The summed E-state index contributed by atoms with van der Waals surface area (Å²) in [4.78, 5) is 21.0. The number of furan rings is 1. The summed E-state index contributed by atoms with van der Waals surface area (Å²) in [5.74, 6) is 2.70. The van der Waals surface area contributed by atoms with Crippen LogP contribution < -0.4 is 10.1 Å². The lowest BCUT2D eigenvalue weighted by molar-refractivity contribution is -0.113. The van der Waals surface area contributed by atoms with E-state index in [1.165, 1.54) is 11.8 Å². The number of anilines is 1. The molecule has 9 nitrogen and oxygen atoms in total. The van der Waals surface area contributed by atoms with Crippen LogP contribution in [-0.2, 0) is 11.3 Å². The number of aromatic nitrogens is 5. The third kappa shape index (κ3) is 5.74. The van der Waals surface area contributed by atoms with Gasteiger partial charge in [-0.1, -0.05) is 30.0 Å². The first-order valence-corrected chi connectivity index (χ1v) is 11.7. The van der Waals surface area contributed by atoms with Crippen LogP contribution in [0, 0.1) is 0 Å². The lowest BCUT2D eigenvalue weighted by atomic mass is 10.3. The molecule has 0 spiro atoms. The zero-order valence-corrected chi connectivity index (χ0v) is 19.3. The first-order chi connectivity index (χ1) is 17.2. The van der Waals surface area contributed by atoms with Crippen molar-refractivity contribution in [1.29, 1.82) is 0 Å². The van der Waals surface area contributed by atoms with E-state index in [2.05, 4.69) is 25.5 Å². The summed E-state index contributed by atoms with van der Waals surface area (Å²) >= 11 is 1.28. The topological polar surface area (TPSA) is 108 Å². The van der Waals surface area contributed by atoms with Gasteiger partial charge in [0.25, 0.3) is 0 Å². The molecular formula is C25H20N6O3S. The SMILES string of the molecule is O=C(CSc1nnc(-c2cnccn2)n1Cc1ccco1)Nc1ccc(Oc2ccccc2)cc1. The molecular weight excluding hydrogens is 464 g/mol. The van der Waals surface area contributed by atoms with Crippen molar-refractivity contribution in [2.45, 2.75) is 11.7 Å². The summed E-state index contributed by atoms with van der Waals surface area (Å²) < 4.78 is 13.1. The van der Waals surface area contributed by atoms with Crippen molar-refractivity contribution in [3.63, 3.8) is 0 Å². The average Bonchev–Trinajstić information content (AvgIpc) is 3.56. The van der Waals surface area contributed by atoms with E-state index in [-0.39, 0.29) is 11.7 Å². The molecule has 174 valence electrons. The van der Waals surface area contributed by atoms with Gasteiger partial charge in [-0.15, -0.1) is 10.2 Å². The van der Waals surface area contributed by atoms with Crippen molar-refractivity contribution in [1.82, 2.24) is 24.7 Å². The van der Waals surface area contributed by atoms with E-state index in [0.717, 1.165) is 11.5 Å². The van der Waals surface area contributed by atoms with Gasteiger partial charge in [0.15, 0.2) is 11.0 Å². The number of rotatable bonds is 9. The number of nitrogens with one attached hydrogen (secondary N) is 1. The zero-order valence-electron chi connectivity index (χ0n) is 18.4. The van der Waals surface area contributed by atoms with Crippen LogP contribution in [-0.4, -0.2) is 36.4 Å². The third-order valence-electron chi connectivity index (χ3n) is 4.85. The Kier molecular flexibility index (Phi) is 6.81. The Morgan fingerprint density at radius 2 is 1.80 bits per heavy atom. The largest absolute Gasteiger partial charge is 0.467 e. The maximum atomic E-state index is 12.6. The molecule has 0 unspecified atom stereocenters. The molecule has 3 aromatic heterocycles. The summed E-state index contributed by atoms with van der Waals surface area (Å²) in [5.41, 5.74) is 1.26. The van der Waals surface area contributed by atoms with Gasteiger partial charge in [-0.05, 0) is 48.5 Å². The highest BCUT2D eigenvalue weighted by molar-refractivity contribution is 7.99. The van der Waals surface area contributed by atoms with Crippen molar-refractivity contribution in [2.75, 3.05) is 11.1 Å². The fraction of sp³-hybridized carbons (Fsp3) is 0.0800. The summed E-state index contributed by atoms with van der Waals surface area (Å²) in [6.45, 7) is 0.402. The van der Waals surface area contributed by atoms with Gasteiger partial charge in [0.1, 0.15) is 23.0 Å². The Bertz CT molecular complexity index is 1370. The van der Waals surface area contributed by atoms with Crippen LogP contribution in [0.15, 0.2) is 101 Å². The average molecular weight is 485 g/mol. The van der Waals surface area contributed by atoms with Crippen LogP contribution in [0.4, 0.5) is 5.69 Å². The minimum absolute atomic E-state index is 0.152. The lowest BCUT2D eigenvalue weighted by Crippen LogP contribution is -2.14. The number of carbonyl (C=O) groups is 1. The highest BCUT2D eigenvalue weighted by Crippen LogP contribution is 2.25. The van der Waals surface area contributed by atoms with E-state index in [4.69, 9.17) is 9.15 Å². The van der Waals surface area contributed by atoms with Crippen molar-refractivity contribution >= 4 is 23.4 Å². The van der Waals surface area contributed by atoms with Crippen LogP contribution in [0.2, 0.25) is 0 Å². The van der Waals surface area contributed by atoms with Gasteiger partial charge in [0, 0.05) is 18.1 Å². The van der Waals surface area contributed by atoms with Gasteiger partial charge in [-0.25, -0.2) is 4.98 Å². The van der Waals surface area contributed by atoms with E-state index < -0.39 is 0 Å². The van der Waals surface area contributed by atoms with E-state index >= 15 is 0 Å². The molecule has 0 fully saturated rings. The zero-order chi connectivity index (χ0) is 23.9. The highest BCUT2D eigenvalue weighted by atomic mass is 32.2. The van der Waals surface area contributed by atoms with E-state index in [9.17, 15) is 4.79 Å². The Morgan fingerprint density at radius 3 is 2.54 bits per heavy atom. The molecule has 0 saturated carbocycles. The second kappa shape index (κ2) is 10.7. The van der Waals surface area contributed by atoms with Gasteiger partial charge >= 0.3 is 0 Å². The van der Waals surface area contributed by atoms with Crippen LogP contribution in [0.3, 0.4) is 0 Å². The lowest BCUT2D eigenvalue weighted by Gasteiger charge is -2.09. The Hall–Kier alpha value is -4.44. The molecule has 2 aromatic carbocycles. The smallest absolute Gasteiger partial charge is 0.234 e. The van der Waals surface area contributed by atoms with Crippen molar-refractivity contribution in [3.05, 3.63) is 97.3 Å². The standard InChI is InChI=1S/C25H20N6O3S/c32-23(28-18-8-10-20(11-9-18)34-19-5-2-1-3-6-19)17-35-25-30-29-24(22-15-26-12-13-27-22)31(25)16-21-7-4-14-33-21/h1-15H,16-17H2,(H,28,32).